The Balaban J connectivity index is 2.90. The number of alkyl halides is 2. The van der Waals surface area contributed by atoms with Crippen molar-refractivity contribution in [2.75, 3.05) is 0 Å². The standard InChI is InChI=1S/C6H3BrClF2NO/c7-4-2-1-3(8)5(11-4)12-6(9)10/h1-2,6H. The summed E-state index contributed by atoms with van der Waals surface area (Å²) in [5.74, 6) is -0.277. The molecule has 12 heavy (non-hydrogen) atoms. The first-order valence-corrected chi connectivity index (χ1v) is 4.03. The molecular formula is C6H3BrClF2NO. The first kappa shape index (κ1) is 9.67. The Kier molecular flexibility index (Phi) is 3.22. The molecule has 1 aromatic heterocycles. The lowest BCUT2D eigenvalue weighted by atomic mass is 10.5. The minimum absolute atomic E-state index is 0.0542. The summed E-state index contributed by atoms with van der Waals surface area (Å²) in [6.07, 6.45) is 0. The van der Waals surface area contributed by atoms with Crippen LogP contribution in [0.1, 0.15) is 0 Å². The third-order valence-corrected chi connectivity index (χ3v) is 1.71. The number of ether oxygens (including phenoxy) is 1. The minimum atomic E-state index is -2.91. The van der Waals surface area contributed by atoms with Gasteiger partial charge in [-0.3, -0.25) is 0 Å². The predicted octanol–water partition coefficient (Wildman–Crippen LogP) is 3.10. The highest BCUT2D eigenvalue weighted by atomic mass is 79.9. The lowest BCUT2D eigenvalue weighted by molar-refractivity contribution is -0.0528. The molecule has 0 spiro atoms. The van der Waals surface area contributed by atoms with Crippen LogP contribution >= 0.6 is 27.5 Å². The third kappa shape index (κ3) is 2.57. The largest absolute Gasteiger partial charge is 0.415 e. The molecule has 1 heterocycles. The second-order valence-electron chi connectivity index (χ2n) is 1.80. The van der Waals surface area contributed by atoms with Crippen molar-refractivity contribution < 1.29 is 13.5 Å². The van der Waals surface area contributed by atoms with Crippen LogP contribution in [-0.2, 0) is 0 Å². The van der Waals surface area contributed by atoms with Gasteiger partial charge >= 0.3 is 6.61 Å². The van der Waals surface area contributed by atoms with Crippen molar-refractivity contribution >= 4 is 27.5 Å². The summed E-state index contributed by atoms with van der Waals surface area (Å²) >= 11 is 8.49. The summed E-state index contributed by atoms with van der Waals surface area (Å²) in [6, 6.07) is 2.94. The molecule has 0 atom stereocenters. The van der Waals surface area contributed by atoms with Gasteiger partial charge < -0.3 is 4.74 Å². The molecule has 6 heteroatoms. The van der Waals surface area contributed by atoms with Crippen molar-refractivity contribution in [2.24, 2.45) is 0 Å². The van der Waals surface area contributed by atoms with Gasteiger partial charge in [-0.05, 0) is 28.1 Å². The van der Waals surface area contributed by atoms with E-state index in [9.17, 15) is 8.78 Å². The maximum atomic E-state index is 11.7. The molecule has 0 unspecified atom stereocenters. The smallest absolute Gasteiger partial charge is 0.388 e. The maximum Gasteiger partial charge on any atom is 0.388 e. The van der Waals surface area contributed by atoms with Gasteiger partial charge in [-0.2, -0.15) is 8.78 Å². The number of halogens is 4. The van der Waals surface area contributed by atoms with E-state index in [4.69, 9.17) is 11.6 Å². The van der Waals surface area contributed by atoms with Crippen molar-refractivity contribution in [1.29, 1.82) is 0 Å². The van der Waals surface area contributed by atoms with Crippen LogP contribution in [0.5, 0.6) is 5.88 Å². The van der Waals surface area contributed by atoms with Crippen LogP contribution in [0.25, 0.3) is 0 Å². The Bertz CT molecular complexity index is 284. The van der Waals surface area contributed by atoms with Gasteiger partial charge in [0.05, 0.1) is 0 Å². The molecule has 0 amide bonds. The zero-order valence-corrected chi connectivity index (χ0v) is 7.94. The van der Waals surface area contributed by atoms with Gasteiger partial charge in [0.2, 0.25) is 5.88 Å². The average molecular weight is 258 g/mol. The average Bonchev–Trinajstić information content (AvgIpc) is 1.96. The highest BCUT2D eigenvalue weighted by molar-refractivity contribution is 9.10. The van der Waals surface area contributed by atoms with Crippen molar-refractivity contribution in [1.82, 2.24) is 4.98 Å². The first-order valence-electron chi connectivity index (χ1n) is 2.86. The Morgan fingerprint density at radius 2 is 2.17 bits per heavy atom. The Morgan fingerprint density at radius 1 is 1.50 bits per heavy atom. The molecule has 2 nitrogen and oxygen atoms in total. The molecule has 0 bridgehead atoms. The summed E-state index contributed by atoms with van der Waals surface area (Å²) in [6.45, 7) is -2.91. The molecule has 0 aliphatic heterocycles. The Hall–Kier alpha value is -0.420. The Morgan fingerprint density at radius 3 is 2.75 bits per heavy atom. The summed E-state index contributed by atoms with van der Waals surface area (Å²) < 4.78 is 27.8. The number of pyridine rings is 1. The van der Waals surface area contributed by atoms with Crippen LogP contribution < -0.4 is 4.74 Å². The summed E-state index contributed by atoms with van der Waals surface area (Å²) in [5.41, 5.74) is 0. The van der Waals surface area contributed by atoms with Crippen LogP contribution in [0.15, 0.2) is 16.7 Å². The van der Waals surface area contributed by atoms with Gasteiger partial charge in [-0.25, -0.2) is 4.98 Å². The van der Waals surface area contributed by atoms with Gasteiger partial charge in [0, 0.05) is 0 Å². The molecule has 0 saturated heterocycles. The quantitative estimate of drug-likeness (QED) is 0.761. The third-order valence-electron chi connectivity index (χ3n) is 0.981. The van der Waals surface area contributed by atoms with E-state index in [1.165, 1.54) is 12.1 Å². The summed E-state index contributed by atoms with van der Waals surface area (Å²) in [7, 11) is 0. The van der Waals surface area contributed by atoms with E-state index in [2.05, 4.69) is 25.7 Å². The summed E-state index contributed by atoms with van der Waals surface area (Å²) in [4.78, 5) is 3.60. The van der Waals surface area contributed by atoms with E-state index < -0.39 is 6.61 Å². The molecule has 0 N–H and O–H groups in total. The van der Waals surface area contributed by atoms with Crippen molar-refractivity contribution in [3.63, 3.8) is 0 Å². The van der Waals surface area contributed by atoms with E-state index in [1.807, 2.05) is 0 Å². The number of nitrogens with zero attached hydrogens (tertiary/aromatic N) is 1. The fourth-order valence-electron chi connectivity index (χ4n) is 0.568. The van der Waals surface area contributed by atoms with E-state index in [0.717, 1.165) is 0 Å². The second kappa shape index (κ2) is 4.00. The highest BCUT2D eigenvalue weighted by Crippen LogP contribution is 2.25. The topological polar surface area (TPSA) is 22.1 Å². The van der Waals surface area contributed by atoms with E-state index >= 15 is 0 Å². The number of hydrogen-bond acceptors (Lipinski definition) is 2. The molecule has 1 rings (SSSR count). The zero-order chi connectivity index (χ0) is 9.14. The SMILES string of the molecule is FC(F)Oc1nc(Br)ccc1Cl. The zero-order valence-electron chi connectivity index (χ0n) is 5.60. The van der Waals surface area contributed by atoms with Crippen LogP contribution in [0.3, 0.4) is 0 Å². The van der Waals surface area contributed by atoms with Crippen molar-refractivity contribution in [3.8, 4) is 5.88 Å². The van der Waals surface area contributed by atoms with Gasteiger partial charge in [0.25, 0.3) is 0 Å². The highest BCUT2D eigenvalue weighted by Gasteiger charge is 2.09. The molecular weight excluding hydrogens is 255 g/mol. The molecule has 0 aliphatic rings. The van der Waals surface area contributed by atoms with Gasteiger partial charge in [0.1, 0.15) is 9.63 Å². The first-order chi connectivity index (χ1) is 5.59. The molecule has 66 valence electrons. The van der Waals surface area contributed by atoms with E-state index in [0.29, 0.717) is 4.60 Å². The fraction of sp³-hybridized carbons (Fsp3) is 0.167. The monoisotopic (exact) mass is 257 g/mol. The van der Waals surface area contributed by atoms with Gasteiger partial charge in [-0.1, -0.05) is 11.6 Å². The minimum Gasteiger partial charge on any atom is -0.415 e. The van der Waals surface area contributed by atoms with Crippen LogP contribution in [-0.4, -0.2) is 11.6 Å². The van der Waals surface area contributed by atoms with Crippen LogP contribution in [0, 0.1) is 0 Å². The van der Waals surface area contributed by atoms with Crippen LogP contribution in [0.4, 0.5) is 8.78 Å². The van der Waals surface area contributed by atoms with Crippen LogP contribution in [0.2, 0.25) is 5.02 Å². The molecule has 0 saturated carbocycles. The lowest BCUT2D eigenvalue weighted by Crippen LogP contribution is -2.04. The molecule has 1 aromatic rings. The van der Waals surface area contributed by atoms with Crippen molar-refractivity contribution in [3.05, 3.63) is 21.8 Å². The van der Waals surface area contributed by atoms with Gasteiger partial charge in [0.15, 0.2) is 0 Å². The molecule has 0 radical (unpaired) electrons. The van der Waals surface area contributed by atoms with E-state index in [1.54, 1.807) is 0 Å². The number of aromatic nitrogens is 1. The molecule has 0 aliphatic carbocycles. The van der Waals surface area contributed by atoms with Crippen molar-refractivity contribution in [2.45, 2.75) is 6.61 Å². The van der Waals surface area contributed by atoms with E-state index in [-0.39, 0.29) is 10.9 Å². The number of rotatable bonds is 2. The molecule has 0 aromatic carbocycles. The van der Waals surface area contributed by atoms with Gasteiger partial charge in [-0.15, -0.1) is 0 Å². The fourth-order valence-corrected chi connectivity index (χ4v) is 1.01. The number of hydrogen-bond donors (Lipinski definition) is 0. The molecule has 0 fully saturated rings. The maximum absolute atomic E-state index is 11.7. The lowest BCUT2D eigenvalue weighted by Gasteiger charge is -2.04. The second-order valence-corrected chi connectivity index (χ2v) is 3.02. The normalized spacial score (nSPS) is 10.4. The predicted molar refractivity (Wildman–Crippen MR) is 43.6 cm³/mol. The Labute approximate surface area is 80.6 Å². The summed E-state index contributed by atoms with van der Waals surface area (Å²) in [5, 5.41) is 0.0542.